The van der Waals surface area contributed by atoms with E-state index in [4.69, 9.17) is 0 Å². The second-order valence-corrected chi connectivity index (χ2v) is 6.06. The van der Waals surface area contributed by atoms with Crippen molar-refractivity contribution in [2.45, 2.75) is 32.2 Å². The summed E-state index contributed by atoms with van der Waals surface area (Å²) in [4.78, 5) is 0. The normalized spacial score (nSPS) is 14.5. The van der Waals surface area contributed by atoms with E-state index in [0.29, 0.717) is 6.04 Å². The molecule has 1 rings (SSSR count). The highest BCUT2D eigenvalue weighted by molar-refractivity contribution is 7.84. The molecular formula is C14H23NOS. The summed E-state index contributed by atoms with van der Waals surface area (Å²) in [6.07, 6.45) is 5.03. The summed E-state index contributed by atoms with van der Waals surface area (Å²) in [7, 11) is -0.654. The summed E-state index contributed by atoms with van der Waals surface area (Å²) in [5.41, 5.74) is 1.40. The first-order chi connectivity index (χ1) is 8.18. The van der Waals surface area contributed by atoms with Gasteiger partial charge in [-0.05, 0) is 38.3 Å². The molecule has 0 heterocycles. The maximum atomic E-state index is 10.9. The Bertz CT molecular complexity index is 326. The van der Waals surface area contributed by atoms with Crippen LogP contribution in [0.25, 0.3) is 0 Å². The second-order valence-electron chi connectivity index (χ2n) is 4.51. The Labute approximate surface area is 107 Å². The third-order valence-corrected chi connectivity index (χ3v) is 3.67. The Balaban J connectivity index is 2.09. The monoisotopic (exact) mass is 253 g/mol. The zero-order valence-corrected chi connectivity index (χ0v) is 11.6. The molecule has 0 saturated carbocycles. The van der Waals surface area contributed by atoms with E-state index in [1.54, 1.807) is 6.26 Å². The minimum atomic E-state index is -0.654. The van der Waals surface area contributed by atoms with Crippen LogP contribution in [0.3, 0.4) is 0 Å². The Morgan fingerprint density at radius 1 is 1.29 bits per heavy atom. The highest BCUT2D eigenvalue weighted by Crippen LogP contribution is 2.04. The summed E-state index contributed by atoms with van der Waals surface area (Å²) in [5.74, 6) is 0.804. The fourth-order valence-electron chi connectivity index (χ4n) is 1.75. The van der Waals surface area contributed by atoms with Crippen LogP contribution in [-0.4, -0.2) is 28.8 Å². The van der Waals surface area contributed by atoms with Gasteiger partial charge in [0, 0.05) is 28.9 Å². The quantitative estimate of drug-likeness (QED) is 0.721. The predicted octanol–water partition coefficient (Wildman–Crippen LogP) is 2.37. The van der Waals surface area contributed by atoms with Gasteiger partial charge in [0.25, 0.3) is 0 Å². The molecule has 1 N–H and O–H groups in total. The van der Waals surface area contributed by atoms with E-state index in [1.807, 2.05) is 0 Å². The maximum Gasteiger partial charge on any atom is 0.0244 e. The molecule has 0 aromatic heterocycles. The number of hydrogen-bond acceptors (Lipinski definition) is 2. The molecule has 96 valence electrons. The molecule has 17 heavy (non-hydrogen) atoms. The van der Waals surface area contributed by atoms with Gasteiger partial charge in [-0.2, -0.15) is 0 Å². The molecule has 0 saturated heterocycles. The van der Waals surface area contributed by atoms with Crippen LogP contribution < -0.4 is 5.32 Å². The molecule has 0 spiro atoms. The minimum absolute atomic E-state index is 0.528. The average Bonchev–Trinajstić information content (AvgIpc) is 2.33. The zero-order chi connectivity index (χ0) is 12.5. The minimum Gasteiger partial charge on any atom is -0.314 e. The summed E-state index contributed by atoms with van der Waals surface area (Å²) in [6.45, 7) is 3.18. The van der Waals surface area contributed by atoms with Crippen molar-refractivity contribution in [2.24, 2.45) is 0 Å². The lowest BCUT2D eigenvalue weighted by atomic mass is 10.1. The smallest absolute Gasteiger partial charge is 0.0244 e. The van der Waals surface area contributed by atoms with Crippen LogP contribution in [0.4, 0.5) is 0 Å². The third kappa shape index (κ3) is 7.29. The van der Waals surface area contributed by atoms with Crippen LogP contribution in [-0.2, 0) is 17.2 Å². The molecule has 0 radical (unpaired) electrons. The van der Waals surface area contributed by atoms with E-state index in [1.165, 1.54) is 5.56 Å². The molecule has 2 nitrogen and oxygen atoms in total. The van der Waals surface area contributed by atoms with Crippen LogP contribution in [0.5, 0.6) is 0 Å². The first-order valence-corrected chi connectivity index (χ1v) is 7.98. The molecule has 0 bridgehead atoms. The van der Waals surface area contributed by atoms with Gasteiger partial charge >= 0.3 is 0 Å². The van der Waals surface area contributed by atoms with Gasteiger partial charge in [-0.3, -0.25) is 4.21 Å². The third-order valence-electron chi connectivity index (χ3n) is 2.81. The molecule has 1 aromatic carbocycles. The Kier molecular flexibility index (Phi) is 7.13. The summed E-state index contributed by atoms with van der Waals surface area (Å²) >= 11 is 0. The van der Waals surface area contributed by atoms with E-state index in [0.717, 1.165) is 31.6 Å². The van der Waals surface area contributed by atoms with Crippen molar-refractivity contribution in [3.63, 3.8) is 0 Å². The maximum absolute atomic E-state index is 10.9. The number of aryl methyl sites for hydroxylation is 1. The van der Waals surface area contributed by atoms with Crippen molar-refractivity contribution in [3.05, 3.63) is 35.9 Å². The van der Waals surface area contributed by atoms with Crippen molar-refractivity contribution in [1.29, 1.82) is 0 Å². The molecule has 1 aromatic rings. The molecule has 0 fully saturated rings. The van der Waals surface area contributed by atoms with E-state index >= 15 is 0 Å². The van der Waals surface area contributed by atoms with Crippen molar-refractivity contribution in [2.75, 3.05) is 18.6 Å². The Morgan fingerprint density at radius 3 is 2.65 bits per heavy atom. The molecule has 2 unspecified atom stereocenters. The first-order valence-electron chi connectivity index (χ1n) is 6.26. The summed E-state index contributed by atoms with van der Waals surface area (Å²) < 4.78 is 10.9. The van der Waals surface area contributed by atoms with Crippen LogP contribution >= 0.6 is 0 Å². The van der Waals surface area contributed by atoms with Gasteiger partial charge in [0.2, 0.25) is 0 Å². The molecule has 2 atom stereocenters. The van der Waals surface area contributed by atoms with Crippen LogP contribution in [0, 0.1) is 0 Å². The molecule has 0 amide bonds. The topological polar surface area (TPSA) is 29.1 Å². The van der Waals surface area contributed by atoms with Gasteiger partial charge in [-0.1, -0.05) is 30.3 Å². The van der Waals surface area contributed by atoms with Gasteiger partial charge in [0.05, 0.1) is 0 Å². The van der Waals surface area contributed by atoms with Crippen LogP contribution in [0.1, 0.15) is 25.3 Å². The molecule has 0 aliphatic carbocycles. The summed E-state index contributed by atoms with van der Waals surface area (Å²) in [5, 5.41) is 3.47. The molecule has 0 aliphatic rings. The van der Waals surface area contributed by atoms with Crippen LogP contribution in [0.2, 0.25) is 0 Å². The largest absolute Gasteiger partial charge is 0.314 e. The second kappa shape index (κ2) is 8.43. The van der Waals surface area contributed by atoms with E-state index < -0.39 is 10.8 Å². The van der Waals surface area contributed by atoms with Crippen molar-refractivity contribution in [1.82, 2.24) is 5.32 Å². The zero-order valence-electron chi connectivity index (χ0n) is 10.8. The lowest BCUT2D eigenvalue weighted by molar-refractivity contribution is 0.514. The van der Waals surface area contributed by atoms with Gasteiger partial charge in [-0.15, -0.1) is 0 Å². The molecule has 0 aliphatic heterocycles. The van der Waals surface area contributed by atoms with Gasteiger partial charge in [0.1, 0.15) is 0 Å². The molecule has 3 heteroatoms. The first kappa shape index (κ1) is 14.4. The van der Waals surface area contributed by atoms with Crippen molar-refractivity contribution < 1.29 is 4.21 Å². The number of rotatable bonds is 8. The van der Waals surface area contributed by atoms with E-state index in [2.05, 4.69) is 42.6 Å². The number of nitrogens with one attached hydrogen (secondary N) is 1. The van der Waals surface area contributed by atoms with Gasteiger partial charge in [0.15, 0.2) is 0 Å². The fraction of sp³-hybridized carbons (Fsp3) is 0.571. The van der Waals surface area contributed by atoms with Crippen molar-refractivity contribution in [3.8, 4) is 0 Å². The lowest BCUT2D eigenvalue weighted by Crippen LogP contribution is -2.28. The standard InChI is InChI=1S/C14H23NOS/c1-13(15-11-6-12-17(2)16)9-10-14-7-4-3-5-8-14/h3-5,7-8,13,15H,6,9-12H2,1-2H3. The fourth-order valence-corrected chi connectivity index (χ4v) is 2.30. The predicted molar refractivity (Wildman–Crippen MR) is 75.8 cm³/mol. The van der Waals surface area contributed by atoms with Crippen molar-refractivity contribution >= 4 is 10.8 Å². The summed E-state index contributed by atoms with van der Waals surface area (Å²) in [6, 6.07) is 11.1. The van der Waals surface area contributed by atoms with Gasteiger partial charge in [-0.25, -0.2) is 0 Å². The highest BCUT2D eigenvalue weighted by atomic mass is 32.2. The number of benzene rings is 1. The SMILES string of the molecule is CC(CCc1ccccc1)NCCCS(C)=O. The Morgan fingerprint density at radius 2 is 2.00 bits per heavy atom. The molecular weight excluding hydrogens is 230 g/mol. The number of hydrogen-bond donors (Lipinski definition) is 1. The van der Waals surface area contributed by atoms with E-state index in [-0.39, 0.29) is 0 Å². The van der Waals surface area contributed by atoms with Gasteiger partial charge < -0.3 is 5.32 Å². The van der Waals surface area contributed by atoms with E-state index in [9.17, 15) is 4.21 Å². The van der Waals surface area contributed by atoms with Crippen LogP contribution in [0.15, 0.2) is 30.3 Å². The Hall–Kier alpha value is -0.670. The average molecular weight is 253 g/mol. The highest BCUT2D eigenvalue weighted by Gasteiger charge is 2.01. The lowest BCUT2D eigenvalue weighted by Gasteiger charge is -2.13.